The van der Waals surface area contributed by atoms with Gasteiger partial charge in [-0.2, -0.15) is 0 Å². The number of allylic oxidation sites excluding steroid dienone is 2. The van der Waals surface area contributed by atoms with Gasteiger partial charge in [0.1, 0.15) is 0 Å². The second-order valence-corrected chi connectivity index (χ2v) is 16.6. The predicted octanol–water partition coefficient (Wildman–Crippen LogP) is 15.5. The summed E-state index contributed by atoms with van der Waals surface area (Å²) in [6.45, 7) is 15.5. The molecule has 0 aliphatic rings. The summed E-state index contributed by atoms with van der Waals surface area (Å²) >= 11 is 0. The minimum atomic E-state index is -0.125. The molecule has 0 atom stereocenters. The quantitative estimate of drug-likeness (QED) is 0.0978. The third kappa shape index (κ3) is 18.0. The first-order valence-corrected chi connectivity index (χ1v) is 22.2. The van der Waals surface area contributed by atoms with Crippen LogP contribution < -0.4 is 0 Å². The molecule has 9 rings (SSSR count). The Labute approximate surface area is 455 Å². The first-order valence-electron chi connectivity index (χ1n) is 22.2. The van der Waals surface area contributed by atoms with Gasteiger partial charge in [0.05, 0.1) is 5.76 Å². The first kappa shape index (κ1) is 58.2. The number of pyridine rings is 3. The van der Waals surface area contributed by atoms with Gasteiger partial charge < -0.3 is 20.1 Å². The van der Waals surface area contributed by atoms with Crippen LogP contribution in [0.5, 0.6) is 0 Å². The molecular formula is C62H56Ir3N3O2-3. The van der Waals surface area contributed by atoms with E-state index in [-0.39, 0.29) is 71.9 Å². The van der Waals surface area contributed by atoms with Crippen LogP contribution >= 0.6 is 0 Å². The van der Waals surface area contributed by atoms with Crippen molar-refractivity contribution in [3.63, 3.8) is 0 Å². The Morgan fingerprint density at radius 3 is 1.20 bits per heavy atom. The number of carbonyl (C=O) groups is 1. The van der Waals surface area contributed by atoms with Crippen molar-refractivity contribution in [2.45, 2.75) is 55.4 Å². The average molecular weight is 1450 g/mol. The van der Waals surface area contributed by atoms with Gasteiger partial charge in [0.2, 0.25) is 0 Å². The van der Waals surface area contributed by atoms with E-state index in [1.165, 1.54) is 70.0 Å². The molecule has 0 saturated heterocycles. The molecule has 0 saturated carbocycles. The number of rotatable bonds is 7. The Hall–Kier alpha value is -6.07. The van der Waals surface area contributed by atoms with E-state index in [0.29, 0.717) is 0 Å². The Morgan fingerprint density at radius 2 is 0.857 bits per heavy atom. The SMILES string of the molecule is CC(=O)C=C(C)O.Cc1c[c-]c(-c2ccc(-c3ccccc3)cn2)c(C)c1.Cc1cc(C)cc(-c2ccc(-c3[c-]cccc3)nc2)c1.Cc1cc(C)cc(-c2ccc(-c3[c-]cccc3)nc2)c1.[Ir].[Ir].[Ir]. The minimum Gasteiger partial charge on any atom is -0.512 e. The molecule has 0 amide bonds. The van der Waals surface area contributed by atoms with Crippen molar-refractivity contribution in [1.29, 1.82) is 0 Å². The first-order chi connectivity index (χ1) is 32.3. The zero-order chi connectivity index (χ0) is 47.7. The molecule has 0 aliphatic heterocycles. The van der Waals surface area contributed by atoms with Crippen LogP contribution in [-0.2, 0) is 65.1 Å². The van der Waals surface area contributed by atoms with Crippen molar-refractivity contribution in [2.75, 3.05) is 0 Å². The molecule has 361 valence electrons. The zero-order valence-corrected chi connectivity index (χ0v) is 47.8. The summed E-state index contributed by atoms with van der Waals surface area (Å²) in [4.78, 5) is 23.7. The Balaban J connectivity index is 0.000000255. The number of aromatic nitrogens is 3. The van der Waals surface area contributed by atoms with E-state index in [4.69, 9.17) is 5.11 Å². The summed E-state index contributed by atoms with van der Waals surface area (Å²) < 4.78 is 0. The van der Waals surface area contributed by atoms with E-state index in [2.05, 4.69) is 166 Å². The standard InChI is InChI=1S/3C19H16N.C5H8O2.3Ir/c1-14-8-10-18(15(2)12-14)19-11-9-17(13-20-19)16-6-4-3-5-7-16;2*1-14-10-15(2)12-18(11-14)17-8-9-19(20-13-17)16-6-4-3-5-7-16;1-4(6)3-5(2)7;;;/h3-9,11-13H,1-2H3;2*3-6,8-13H,1-2H3;3,6H,1-2H3;;;/q3*-1;;;;. The van der Waals surface area contributed by atoms with Gasteiger partial charge in [0.25, 0.3) is 0 Å². The van der Waals surface area contributed by atoms with Gasteiger partial charge in [0, 0.05) is 85.0 Å². The van der Waals surface area contributed by atoms with Crippen LogP contribution in [-0.4, -0.2) is 25.8 Å². The van der Waals surface area contributed by atoms with E-state index in [1.54, 1.807) is 0 Å². The van der Waals surface area contributed by atoms with E-state index < -0.39 is 0 Å². The molecule has 70 heavy (non-hydrogen) atoms. The van der Waals surface area contributed by atoms with Crippen LogP contribution in [0.1, 0.15) is 47.2 Å². The number of aliphatic hydroxyl groups excluding tert-OH is 1. The number of hydrogen-bond donors (Lipinski definition) is 1. The number of hydrogen-bond acceptors (Lipinski definition) is 5. The molecule has 9 aromatic rings. The molecule has 0 unspecified atom stereocenters. The Kier molecular flexibility index (Phi) is 24.3. The largest absolute Gasteiger partial charge is 0.512 e. The minimum absolute atomic E-state index is 0. The van der Waals surface area contributed by atoms with Gasteiger partial charge in [-0.05, 0) is 92.0 Å². The van der Waals surface area contributed by atoms with E-state index in [0.717, 1.165) is 50.5 Å². The second-order valence-electron chi connectivity index (χ2n) is 16.6. The zero-order valence-electron chi connectivity index (χ0n) is 40.6. The molecule has 3 aromatic heterocycles. The van der Waals surface area contributed by atoms with Gasteiger partial charge >= 0.3 is 0 Å². The van der Waals surface area contributed by atoms with E-state index >= 15 is 0 Å². The van der Waals surface area contributed by atoms with Crippen LogP contribution in [0.2, 0.25) is 0 Å². The Bertz CT molecular complexity index is 2860. The molecule has 6 aromatic carbocycles. The van der Waals surface area contributed by atoms with Gasteiger partial charge in [-0.25, -0.2) is 0 Å². The molecule has 0 fully saturated rings. The fourth-order valence-corrected chi connectivity index (χ4v) is 7.50. The van der Waals surface area contributed by atoms with Crippen molar-refractivity contribution >= 4 is 5.78 Å². The molecule has 5 nitrogen and oxygen atoms in total. The summed E-state index contributed by atoms with van der Waals surface area (Å²) in [5.74, 6) is -0.0625. The van der Waals surface area contributed by atoms with Crippen molar-refractivity contribution < 1.29 is 70.2 Å². The van der Waals surface area contributed by atoms with Crippen LogP contribution in [0.15, 0.2) is 194 Å². The number of benzene rings is 6. The number of carbonyl (C=O) groups excluding carboxylic acids is 1. The summed E-state index contributed by atoms with van der Waals surface area (Å²) in [5, 5.41) is 8.36. The molecule has 3 radical (unpaired) electrons. The van der Waals surface area contributed by atoms with Crippen LogP contribution in [0.4, 0.5) is 0 Å². The number of aryl methyl sites for hydroxylation is 6. The van der Waals surface area contributed by atoms with Crippen molar-refractivity contribution in [3.05, 3.63) is 246 Å². The van der Waals surface area contributed by atoms with Crippen LogP contribution in [0.3, 0.4) is 0 Å². The molecule has 8 heteroatoms. The smallest absolute Gasteiger partial charge is 0.155 e. The molecule has 0 bridgehead atoms. The van der Waals surface area contributed by atoms with E-state index in [9.17, 15) is 4.79 Å². The molecule has 0 aliphatic carbocycles. The topological polar surface area (TPSA) is 76.0 Å². The van der Waals surface area contributed by atoms with Crippen molar-refractivity contribution in [2.24, 2.45) is 0 Å². The summed E-state index contributed by atoms with van der Waals surface area (Å²) in [5.41, 5.74) is 20.6. The summed E-state index contributed by atoms with van der Waals surface area (Å²) in [6, 6.07) is 65.7. The second kappa shape index (κ2) is 29.2. The van der Waals surface area contributed by atoms with E-state index in [1.807, 2.05) is 91.4 Å². The Morgan fingerprint density at radius 1 is 0.443 bits per heavy atom. The number of ketones is 1. The average Bonchev–Trinajstić information content (AvgIpc) is 3.32. The van der Waals surface area contributed by atoms with Crippen LogP contribution in [0.25, 0.3) is 67.2 Å². The maximum atomic E-state index is 10.0. The third-order valence-electron chi connectivity index (χ3n) is 10.4. The van der Waals surface area contributed by atoms with Crippen molar-refractivity contribution in [3.8, 4) is 67.2 Å². The molecule has 1 N–H and O–H groups in total. The molecule has 3 heterocycles. The summed E-state index contributed by atoms with van der Waals surface area (Å²) in [6.07, 6.45) is 6.96. The van der Waals surface area contributed by atoms with Crippen LogP contribution in [0, 0.1) is 59.7 Å². The molecule has 0 spiro atoms. The van der Waals surface area contributed by atoms with Gasteiger partial charge in [-0.1, -0.05) is 139 Å². The maximum absolute atomic E-state index is 10.0. The fraction of sp³-hybridized carbons (Fsp3) is 0.129. The summed E-state index contributed by atoms with van der Waals surface area (Å²) in [7, 11) is 0. The van der Waals surface area contributed by atoms with Gasteiger partial charge in [-0.15, -0.1) is 107 Å². The maximum Gasteiger partial charge on any atom is 0.155 e. The monoisotopic (exact) mass is 1450 g/mol. The number of nitrogens with zero attached hydrogens (tertiary/aromatic N) is 3. The van der Waals surface area contributed by atoms with Gasteiger partial charge in [-0.3, -0.25) is 4.79 Å². The fourth-order valence-electron chi connectivity index (χ4n) is 7.50. The van der Waals surface area contributed by atoms with Crippen molar-refractivity contribution in [1.82, 2.24) is 15.0 Å². The predicted molar refractivity (Wildman–Crippen MR) is 277 cm³/mol. The third-order valence-corrected chi connectivity index (χ3v) is 10.4. The number of aliphatic hydroxyl groups is 1. The van der Waals surface area contributed by atoms with Gasteiger partial charge in [0.15, 0.2) is 5.78 Å². The molecular weight excluding hydrogens is 1400 g/mol. The normalized spacial score (nSPS) is 10.1.